The molecule has 0 radical (unpaired) electrons. The molecule has 0 bridgehead atoms. The number of aromatic nitrogens is 3. The van der Waals surface area contributed by atoms with Crippen molar-refractivity contribution in [3.8, 4) is 0 Å². The van der Waals surface area contributed by atoms with Crippen molar-refractivity contribution in [3.63, 3.8) is 0 Å². The maximum atomic E-state index is 5.96. The fourth-order valence-electron chi connectivity index (χ4n) is 2.12. The second-order valence-electron chi connectivity index (χ2n) is 4.96. The van der Waals surface area contributed by atoms with Gasteiger partial charge in [0.25, 0.3) is 0 Å². The topological polar surface area (TPSA) is 62.7 Å². The fourth-order valence-corrected chi connectivity index (χ4v) is 2.31. The molecule has 3 rings (SSSR count). The normalized spacial score (nSPS) is 10.3. The van der Waals surface area contributed by atoms with E-state index in [1.54, 1.807) is 12.3 Å². The summed E-state index contributed by atoms with van der Waals surface area (Å²) in [5.74, 6) is 1.11. The van der Waals surface area contributed by atoms with E-state index in [1.807, 2.05) is 36.4 Å². The summed E-state index contributed by atoms with van der Waals surface area (Å²) in [7, 11) is 0. The number of hydrogen-bond donors (Lipinski definition) is 2. The van der Waals surface area contributed by atoms with Gasteiger partial charge in [-0.2, -0.15) is 10.1 Å². The molecule has 0 saturated carbocycles. The van der Waals surface area contributed by atoms with Crippen LogP contribution in [-0.4, -0.2) is 21.7 Å². The maximum Gasteiger partial charge on any atom is 0.249 e. The lowest BCUT2D eigenvalue weighted by Crippen LogP contribution is -2.08. The summed E-state index contributed by atoms with van der Waals surface area (Å²) in [5, 5.41) is 14.9. The van der Waals surface area contributed by atoms with Crippen LogP contribution in [0, 0.1) is 0 Å². The predicted molar refractivity (Wildman–Crippen MR) is 93.2 cm³/mol. The molecule has 5 nitrogen and oxygen atoms in total. The van der Waals surface area contributed by atoms with Gasteiger partial charge in [-0.1, -0.05) is 48.0 Å². The third-order valence-corrected chi connectivity index (χ3v) is 3.44. The van der Waals surface area contributed by atoms with Crippen molar-refractivity contribution in [3.05, 3.63) is 71.4 Å². The minimum atomic E-state index is 0.428. The van der Waals surface area contributed by atoms with Crippen LogP contribution in [0.2, 0.25) is 5.02 Å². The molecule has 1 aromatic heterocycles. The van der Waals surface area contributed by atoms with Gasteiger partial charge in [-0.05, 0) is 30.2 Å². The number of nitrogens with one attached hydrogen (secondary N) is 2. The van der Waals surface area contributed by atoms with Crippen molar-refractivity contribution in [2.75, 3.05) is 17.2 Å². The number of benzene rings is 2. The molecule has 0 aliphatic rings. The number of nitrogens with zero attached hydrogens (tertiary/aromatic N) is 3. The minimum absolute atomic E-state index is 0.428. The SMILES string of the molecule is Clc1cccc(Nc2nncc(NCCc3ccccc3)n2)c1. The van der Waals surface area contributed by atoms with Crippen molar-refractivity contribution in [2.24, 2.45) is 0 Å². The van der Waals surface area contributed by atoms with E-state index in [-0.39, 0.29) is 0 Å². The van der Waals surface area contributed by atoms with Crippen LogP contribution in [0.1, 0.15) is 5.56 Å². The Kier molecular flexibility index (Phi) is 5.01. The Bertz CT molecular complexity index is 764. The third-order valence-electron chi connectivity index (χ3n) is 3.20. The van der Waals surface area contributed by atoms with Gasteiger partial charge >= 0.3 is 0 Å². The largest absolute Gasteiger partial charge is 0.368 e. The minimum Gasteiger partial charge on any atom is -0.368 e. The van der Waals surface area contributed by atoms with E-state index < -0.39 is 0 Å². The first-order valence-corrected chi connectivity index (χ1v) is 7.67. The summed E-state index contributed by atoms with van der Waals surface area (Å²) >= 11 is 5.96. The summed E-state index contributed by atoms with van der Waals surface area (Å²) in [4.78, 5) is 4.39. The first-order valence-electron chi connectivity index (χ1n) is 7.30. The Morgan fingerprint density at radius 3 is 2.70 bits per heavy atom. The molecule has 0 atom stereocenters. The standard InChI is InChI=1S/C17H16ClN5/c18-14-7-4-8-15(11-14)21-17-22-16(12-20-23-17)19-10-9-13-5-2-1-3-6-13/h1-8,11-12H,9-10H2,(H2,19,21,22,23). The predicted octanol–water partition coefficient (Wildman–Crippen LogP) is 3.92. The molecule has 0 aliphatic carbocycles. The summed E-state index contributed by atoms with van der Waals surface area (Å²) in [6.45, 7) is 0.777. The highest BCUT2D eigenvalue weighted by Crippen LogP contribution is 2.18. The zero-order valence-corrected chi connectivity index (χ0v) is 13.2. The van der Waals surface area contributed by atoms with Crippen molar-refractivity contribution >= 4 is 29.1 Å². The molecule has 0 saturated heterocycles. The Labute approximate surface area is 139 Å². The monoisotopic (exact) mass is 325 g/mol. The van der Waals surface area contributed by atoms with Gasteiger partial charge in [-0.15, -0.1) is 5.10 Å². The van der Waals surface area contributed by atoms with Gasteiger partial charge in [0, 0.05) is 17.3 Å². The summed E-state index contributed by atoms with van der Waals surface area (Å²) in [6, 6.07) is 17.7. The maximum absolute atomic E-state index is 5.96. The van der Waals surface area contributed by atoms with Gasteiger partial charge < -0.3 is 10.6 Å². The molecule has 6 heteroatoms. The average Bonchev–Trinajstić information content (AvgIpc) is 2.56. The molecule has 0 fully saturated rings. The molecule has 2 N–H and O–H groups in total. The van der Waals surface area contributed by atoms with Crippen molar-refractivity contribution in [1.29, 1.82) is 0 Å². The number of anilines is 3. The zero-order chi connectivity index (χ0) is 15.9. The van der Waals surface area contributed by atoms with Gasteiger partial charge in [0.2, 0.25) is 5.95 Å². The van der Waals surface area contributed by atoms with Crippen molar-refractivity contribution in [1.82, 2.24) is 15.2 Å². The molecule has 2 aromatic carbocycles. The summed E-state index contributed by atoms with van der Waals surface area (Å²) < 4.78 is 0. The van der Waals surface area contributed by atoms with Crippen LogP contribution in [0.3, 0.4) is 0 Å². The molecule has 0 aliphatic heterocycles. The van der Waals surface area contributed by atoms with Gasteiger partial charge in [0.05, 0.1) is 6.20 Å². The molecule has 0 amide bonds. The Hall–Kier alpha value is -2.66. The molecule has 3 aromatic rings. The first-order chi connectivity index (χ1) is 11.3. The molecule has 0 spiro atoms. The molecule has 1 heterocycles. The lowest BCUT2D eigenvalue weighted by molar-refractivity contribution is 0.950. The van der Waals surface area contributed by atoms with Gasteiger partial charge in [-0.25, -0.2) is 0 Å². The van der Waals surface area contributed by atoms with Crippen LogP contribution >= 0.6 is 11.6 Å². The molecule has 116 valence electrons. The molecular formula is C17H16ClN5. The Morgan fingerprint density at radius 2 is 1.87 bits per heavy atom. The van der Waals surface area contributed by atoms with Crippen molar-refractivity contribution in [2.45, 2.75) is 6.42 Å². The highest BCUT2D eigenvalue weighted by Gasteiger charge is 2.02. The van der Waals surface area contributed by atoms with Crippen molar-refractivity contribution < 1.29 is 0 Å². The lowest BCUT2D eigenvalue weighted by atomic mass is 10.1. The van der Waals surface area contributed by atoms with E-state index in [1.165, 1.54) is 5.56 Å². The van der Waals surface area contributed by atoms with Crippen LogP contribution in [0.15, 0.2) is 60.8 Å². The number of hydrogen-bond acceptors (Lipinski definition) is 5. The van der Waals surface area contributed by atoms with E-state index >= 15 is 0 Å². The fraction of sp³-hybridized carbons (Fsp3) is 0.118. The first kappa shape index (κ1) is 15.2. The van der Waals surface area contributed by atoms with Crippen LogP contribution in [0.5, 0.6) is 0 Å². The molecule has 23 heavy (non-hydrogen) atoms. The second-order valence-corrected chi connectivity index (χ2v) is 5.40. The van der Waals surface area contributed by atoms with Gasteiger partial charge in [0.15, 0.2) is 5.82 Å². The Balaban J connectivity index is 1.59. The summed E-state index contributed by atoms with van der Waals surface area (Å²) in [6.07, 6.45) is 2.52. The van der Waals surface area contributed by atoms with Gasteiger partial charge in [-0.3, -0.25) is 0 Å². The van der Waals surface area contributed by atoms with Gasteiger partial charge in [0.1, 0.15) is 0 Å². The van der Waals surface area contributed by atoms with E-state index in [2.05, 4.69) is 37.9 Å². The number of halogens is 1. The van der Waals surface area contributed by atoms with Crippen LogP contribution in [0.4, 0.5) is 17.5 Å². The van der Waals surface area contributed by atoms with E-state index in [4.69, 9.17) is 11.6 Å². The highest BCUT2D eigenvalue weighted by molar-refractivity contribution is 6.30. The summed E-state index contributed by atoms with van der Waals surface area (Å²) in [5.41, 5.74) is 2.10. The van der Waals surface area contributed by atoms with E-state index in [9.17, 15) is 0 Å². The smallest absolute Gasteiger partial charge is 0.249 e. The second kappa shape index (κ2) is 7.56. The molecule has 0 unspecified atom stereocenters. The van der Waals surface area contributed by atoms with Crippen LogP contribution < -0.4 is 10.6 Å². The quantitative estimate of drug-likeness (QED) is 0.719. The van der Waals surface area contributed by atoms with Crippen LogP contribution in [-0.2, 0) is 6.42 Å². The van der Waals surface area contributed by atoms with Crippen LogP contribution in [0.25, 0.3) is 0 Å². The van der Waals surface area contributed by atoms with E-state index in [0.29, 0.717) is 16.8 Å². The highest BCUT2D eigenvalue weighted by atomic mass is 35.5. The van der Waals surface area contributed by atoms with E-state index in [0.717, 1.165) is 18.7 Å². The third kappa shape index (κ3) is 4.66. The lowest BCUT2D eigenvalue weighted by Gasteiger charge is -2.08. The molecular weight excluding hydrogens is 310 g/mol. The average molecular weight is 326 g/mol. The zero-order valence-electron chi connectivity index (χ0n) is 12.4. The number of rotatable bonds is 6. The Morgan fingerprint density at radius 1 is 1.00 bits per heavy atom.